The molecule has 0 unspecified atom stereocenters. The first kappa shape index (κ1) is 26.7. The van der Waals surface area contributed by atoms with Crippen LogP contribution in [0.4, 0.5) is 11.4 Å². The van der Waals surface area contributed by atoms with Gasteiger partial charge in [0.05, 0.1) is 21.4 Å². The first-order chi connectivity index (χ1) is 18.9. The maximum Gasteiger partial charge on any atom is 0.293 e. The number of para-hydroxylation sites is 2. The van der Waals surface area contributed by atoms with Crippen LogP contribution in [-0.2, 0) is 0 Å². The lowest BCUT2D eigenvalue weighted by molar-refractivity contribution is 0.0746. The van der Waals surface area contributed by atoms with Crippen molar-refractivity contribution in [3.05, 3.63) is 106 Å². The third-order valence-electron chi connectivity index (χ3n) is 6.35. The Morgan fingerprint density at radius 2 is 1.54 bits per heavy atom. The van der Waals surface area contributed by atoms with E-state index in [-0.39, 0.29) is 16.8 Å². The molecule has 1 aliphatic heterocycles. The average molecular weight is 580 g/mol. The topological polar surface area (TPSA) is 77.8 Å². The highest BCUT2D eigenvalue weighted by Gasteiger charge is 2.24. The maximum atomic E-state index is 12.8. The number of benzene rings is 3. The summed E-state index contributed by atoms with van der Waals surface area (Å²) in [5.74, 6) is 0.0335. The predicted molar refractivity (Wildman–Crippen MR) is 159 cm³/mol. The Kier molecular flexibility index (Phi) is 8.16. The fourth-order valence-electron chi connectivity index (χ4n) is 4.39. The molecule has 0 spiro atoms. The zero-order valence-corrected chi connectivity index (χ0v) is 23.0. The SMILES string of the molecule is O=C(NC(=S)Nc1ccccc1N1CCN(C(=O)c2ccccc2)CC1)c1ccc(-c2cccc(Cl)c2Cl)o1. The Balaban J connectivity index is 1.21. The van der Waals surface area contributed by atoms with E-state index < -0.39 is 5.91 Å². The molecule has 1 aromatic heterocycles. The lowest BCUT2D eigenvalue weighted by Crippen LogP contribution is -2.49. The van der Waals surface area contributed by atoms with Crippen LogP contribution in [0, 0.1) is 0 Å². The van der Waals surface area contributed by atoms with Crippen LogP contribution in [0.1, 0.15) is 20.9 Å². The third kappa shape index (κ3) is 6.09. The van der Waals surface area contributed by atoms with Gasteiger partial charge in [-0.3, -0.25) is 14.9 Å². The van der Waals surface area contributed by atoms with Crippen LogP contribution >= 0.6 is 35.4 Å². The highest BCUT2D eigenvalue weighted by Crippen LogP contribution is 2.34. The number of furan rings is 1. The summed E-state index contributed by atoms with van der Waals surface area (Å²) in [5.41, 5.74) is 2.95. The second-order valence-corrected chi connectivity index (χ2v) is 10.0. The van der Waals surface area contributed by atoms with E-state index in [9.17, 15) is 9.59 Å². The van der Waals surface area contributed by atoms with E-state index in [0.29, 0.717) is 53.1 Å². The summed E-state index contributed by atoms with van der Waals surface area (Å²) >= 11 is 17.8. The summed E-state index contributed by atoms with van der Waals surface area (Å²) < 4.78 is 5.72. The van der Waals surface area contributed by atoms with Crippen molar-refractivity contribution in [3.63, 3.8) is 0 Å². The molecule has 1 saturated heterocycles. The molecule has 0 bridgehead atoms. The van der Waals surface area contributed by atoms with Crippen molar-refractivity contribution >= 4 is 63.7 Å². The smallest absolute Gasteiger partial charge is 0.293 e. The molecule has 1 aliphatic rings. The summed E-state index contributed by atoms with van der Waals surface area (Å²) in [7, 11) is 0. The van der Waals surface area contributed by atoms with E-state index >= 15 is 0 Å². The van der Waals surface area contributed by atoms with Gasteiger partial charge in [0.1, 0.15) is 5.76 Å². The number of carbonyl (C=O) groups is 2. The third-order valence-corrected chi connectivity index (χ3v) is 7.38. The van der Waals surface area contributed by atoms with Gasteiger partial charge in [0.15, 0.2) is 10.9 Å². The molecule has 7 nitrogen and oxygen atoms in total. The van der Waals surface area contributed by atoms with Gasteiger partial charge in [0, 0.05) is 37.3 Å². The molecular weight excluding hydrogens is 555 g/mol. The summed E-state index contributed by atoms with van der Waals surface area (Å²) in [4.78, 5) is 29.7. The second-order valence-electron chi connectivity index (χ2n) is 8.84. The van der Waals surface area contributed by atoms with E-state index in [1.165, 1.54) is 0 Å². The monoisotopic (exact) mass is 578 g/mol. The molecule has 1 fully saturated rings. The molecule has 3 aromatic carbocycles. The molecule has 5 rings (SSSR count). The molecule has 0 saturated carbocycles. The Morgan fingerprint density at radius 1 is 0.821 bits per heavy atom. The van der Waals surface area contributed by atoms with E-state index in [4.69, 9.17) is 39.8 Å². The van der Waals surface area contributed by atoms with Gasteiger partial charge in [0.2, 0.25) is 0 Å². The van der Waals surface area contributed by atoms with Crippen LogP contribution in [0.25, 0.3) is 11.3 Å². The minimum Gasteiger partial charge on any atom is -0.451 e. The van der Waals surface area contributed by atoms with Gasteiger partial charge in [-0.1, -0.05) is 59.6 Å². The molecule has 0 atom stereocenters. The quantitative estimate of drug-likeness (QED) is 0.269. The Hall–Kier alpha value is -3.85. The van der Waals surface area contributed by atoms with Crippen molar-refractivity contribution in [1.29, 1.82) is 0 Å². The van der Waals surface area contributed by atoms with E-state index in [2.05, 4.69) is 15.5 Å². The van der Waals surface area contributed by atoms with E-state index in [0.717, 1.165) is 11.4 Å². The molecule has 2 amide bonds. The summed E-state index contributed by atoms with van der Waals surface area (Å²) in [6, 6.07) is 25.4. The minimum absolute atomic E-state index is 0.0317. The molecule has 2 N–H and O–H groups in total. The number of carbonyl (C=O) groups excluding carboxylic acids is 2. The fraction of sp³-hybridized carbons (Fsp3) is 0.138. The normalized spacial score (nSPS) is 13.2. The first-order valence-electron chi connectivity index (χ1n) is 12.3. The van der Waals surface area contributed by atoms with Crippen molar-refractivity contribution in [1.82, 2.24) is 10.2 Å². The summed E-state index contributed by atoms with van der Waals surface area (Å²) in [5, 5.41) is 6.65. The molecular formula is C29H24Cl2N4O3S. The molecule has 4 aromatic rings. The highest BCUT2D eigenvalue weighted by atomic mass is 35.5. The number of anilines is 2. The fourth-order valence-corrected chi connectivity index (χ4v) is 4.98. The number of piperazine rings is 1. The number of nitrogens with zero attached hydrogens (tertiary/aromatic N) is 2. The predicted octanol–water partition coefficient (Wildman–Crippen LogP) is 6.34. The Labute approximate surface area is 241 Å². The number of amides is 2. The number of nitrogens with one attached hydrogen (secondary N) is 2. The molecule has 198 valence electrons. The van der Waals surface area contributed by atoms with Crippen LogP contribution in [0.15, 0.2) is 89.3 Å². The van der Waals surface area contributed by atoms with Crippen molar-refractivity contribution in [3.8, 4) is 11.3 Å². The van der Waals surface area contributed by atoms with Gasteiger partial charge in [0.25, 0.3) is 11.8 Å². The van der Waals surface area contributed by atoms with Crippen LogP contribution in [0.2, 0.25) is 10.0 Å². The molecule has 0 radical (unpaired) electrons. The van der Waals surface area contributed by atoms with Gasteiger partial charge < -0.3 is 19.5 Å². The number of hydrogen-bond acceptors (Lipinski definition) is 5. The van der Waals surface area contributed by atoms with Crippen molar-refractivity contribution in [2.24, 2.45) is 0 Å². The Morgan fingerprint density at radius 3 is 2.31 bits per heavy atom. The van der Waals surface area contributed by atoms with Gasteiger partial charge in [-0.05, 0) is 60.7 Å². The van der Waals surface area contributed by atoms with Gasteiger partial charge in [-0.25, -0.2) is 0 Å². The average Bonchev–Trinajstić information content (AvgIpc) is 3.45. The van der Waals surface area contributed by atoms with E-state index in [1.807, 2.05) is 59.5 Å². The van der Waals surface area contributed by atoms with Crippen LogP contribution in [-0.4, -0.2) is 48.0 Å². The van der Waals surface area contributed by atoms with Gasteiger partial charge >= 0.3 is 0 Å². The van der Waals surface area contributed by atoms with E-state index in [1.54, 1.807) is 30.3 Å². The zero-order chi connectivity index (χ0) is 27.4. The Bertz CT molecular complexity index is 1520. The number of rotatable bonds is 5. The maximum absolute atomic E-state index is 12.8. The highest BCUT2D eigenvalue weighted by molar-refractivity contribution is 7.80. The largest absolute Gasteiger partial charge is 0.451 e. The lowest BCUT2D eigenvalue weighted by atomic mass is 10.1. The first-order valence-corrected chi connectivity index (χ1v) is 13.4. The van der Waals surface area contributed by atoms with Crippen LogP contribution in [0.5, 0.6) is 0 Å². The molecule has 39 heavy (non-hydrogen) atoms. The second kappa shape index (κ2) is 11.9. The lowest BCUT2D eigenvalue weighted by Gasteiger charge is -2.37. The van der Waals surface area contributed by atoms with Crippen molar-refractivity contribution in [2.45, 2.75) is 0 Å². The molecule has 10 heteroatoms. The summed E-state index contributed by atoms with van der Waals surface area (Å²) in [6.45, 7) is 2.52. The number of hydrogen-bond donors (Lipinski definition) is 2. The van der Waals surface area contributed by atoms with Crippen LogP contribution in [0.3, 0.4) is 0 Å². The van der Waals surface area contributed by atoms with Gasteiger partial charge in [-0.15, -0.1) is 0 Å². The van der Waals surface area contributed by atoms with Crippen LogP contribution < -0.4 is 15.5 Å². The molecule has 2 heterocycles. The number of thiocarbonyl (C=S) groups is 1. The number of halogens is 2. The zero-order valence-electron chi connectivity index (χ0n) is 20.7. The molecule has 0 aliphatic carbocycles. The summed E-state index contributed by atoms with van der Waals surface area (Å²) in [6.07, 6.45) is 0. The van der Waals surface area contributed by atoms with Crippen molar-refractivity contribution in [2.75, 3.05) is 36.4 Å². The standard InChI is InChI=1S/C29H24Cl2N4O3S/c30-21-10-6-9-20(26(21)31)24-13-14-25(38-24)27(36)33-29(39)32-22-11-4-5-12-23(22)34-15-17-35(18-16-34)28(37)19-7-2-1-3-8-19/h1-14H,15-18H2,(H2,32,33,36,39). The van der Waals surface area contributed by atoms with Crippen molar-refractivity contribution < 1.29 is 14.0 Å². The van der Waals surface area contributed by atoms with Gasteiger partial charge in [-0.2, -0.15) is 0 Å². The minimum atomic E-state index is -0.498.